The fraction of sp³-hybridized carbons (Fsp3) is 0.923. The highest BCUT2D eigenvalue weighted by Crippen LogP contribution is 2.29. The quantitative estimate of drug-likeness (QED) is 0.807. The van der Waals surface area contributed by atoms with Gasteiger partial charge in [0.15, 0.2) is 5.82 Å². The number of rotatable bonds is 4. The Morgan fingerprint density at radius 2 is 2.00 bits per heavy atom. The average Bonchev–Trinajstić information content (AvgIpc) is 2.77. The molecule has 1 aliphatic rings. The van der Waals surface area contributed by atoms with Crippen molar-refractivity contribution in [1.29, 1.82) is 0 Å². The molecule has 1 saturated carbocycles. The van der Waals surface area contributed by atoms with Crippen LogP contribution >= 0.6 is 0 Å². The minimum absolute atomic E-state index is 0.185. The van der Waals surface area contributed by atoms with Gasteiger partial charge in [-0.25, -0.2) is 0 Å². The minimum atomic E-state index is 0.185. The first kappa shape index (κ1) is 13.5. The smallest absolute Gasteiger partial charge is 0.191 e. The zero-order chi connectivity index (χ0) is 13.0. The van der Waals surface area contributed by atoms with E-state index in [2.05, 4.69) is 46.7 Å². The van der Waals surface area contributed by atoms with Gasteiger partial charge in [0.2, 0.25) is 0 Å². The molecule has 0 amide bonds. The van der Waals surface area contributed by atoms with E-state index in [1.165, 1.54) is 32.1 Å². The highest BCUT2D eigenvalue weighted by atomic mass is 15.5. The van der Waals surface area contributed by atoms with E-state index >= 15 is 0 Å². The van der Waals surface area contributed by atoms with Crippen LogP contribution in [0.5, 0.6) is 0 Å². The van der Waals surface area contributed by atoms with Crippen molar-refractivity contribution in [1.82, 2.24) is 25.9 Å². The predicted molar refractivity (Wildman–Crippen MR) is 70.9 cm³/mol. The lowest BCUT2D eigenvalue weighted by atomic mass is 9.89. The number of H-pyrrole nitrogens is 1. The molecular weight excluding hydrogens is 226 g/mol. The lowest BCUT2D eigenvalue weighted by Crippen LogP contribution is -2.31. The zero-order valence-corrected chi connectivity index (χ0v) is 11.7. The second-order valence-corrected chi connectivity index (χ2v) is 5.87. The van der Waals surface area contributed by atoms with Gasteiger partial charge >= 0.3 is 0 Å². The highest BCUT2D eigenvalue weighted by Gasteiger charge is 2.22. The molecule has 5 heteroatoms. The molecule has 5 nitrogen and oxygen atoms in total. The van der Waals surface area contributed by atoms with Gasteiger partial charge in [0, 0.05) is 6.04 Å². The number of tetrazole rings is 1. The van der Waals surface area contributed by atoms with Crippen molar-refractivity contribution in [2.75, 3.05) is 0 Å². The predicted octanol–water partition coefficient (Wildman–Crippen LogP) is 2.46. The Hall–Kier alpha value is -0.970. The average molecular weight is 251 g/mol. The van der Waals surface area contributed by atoms with Gasteiger partial charge in [0.1, 0.15) is 0 Å². The molecule has 0 saturated heterocycles. The molecule has 0 radical (unpaired) electrons. The molecular formula is C13H25N5. The standard InChI is InChI=1S/C13H25N5/c1-9(2)11-5-4-6-12(8-7-11)14-10(3)13-15-17-18-16-13/h9-12,14H,4-8H2,1-3H3,(H,15,16,17,18). The third kappa shape index (κ3) is 3.51. The number of aromatic nitrogens is 4. The molecule has 102 valence electrons. The van der Waals surface area contributed by atoms with E-state index in [9.17, 15) is 0 Å². The van der Waals surface area contributed by atoms with E-state index in [1.54, 1.807) is 0 Å². The van der Waals surface area contributed by atoms with Crippen LogP contribution in [-0.4, -0.2) is 26.7 Å². The Bertz CT molecular complexity index is 335. The summed E-state index contributed by atoms with van der Waals surface area (Å²) in [5.74, 6) is 2.48. The molecule has 3 unspecified atom stereocenters. The van der Waals surface area contributed by atoms with Gasteiger partial charge in [-0.15, -0.1) is 10.2 Å². The molecule has 1 aromatic rings. The second-order valence-electron chi connectivity index (χ2n) is 5.87. The Kier molecular flexibility index (Phi) is 4.69. The third-order valence-electron chi connectivity index (χ3n) is 4.19. The summed E-state index contributed by atoms with van der Waals surface area (Å²) >= 11 is 0. The molecule has 1 heterocycles. The minimum Gasteiger partial charge on any atom is -0.305 e. The summed E-state index contributed by atoms with van der Waals surface area (Å²) < 4.78 is 0. The summed E-state index contributed by atoms with van der Waals surface area (Å²) in [7, 11) is 0. The van der Waals surface area contributed by atoms with Crippen LogP contribution in [0.1, 0.15) is 64.7 Å². The maximum absolute atomic E-state index is 4.04. The van der Waals surface area contributed by atoms with Crippen LogP contribution in [0, 0.1) is 11.8 Å². The van der Waals surface area contributed by atoms with Crippen molar-refractivity contribution in [3.8, 4) is 0 Å². The Labute approximate surface area is 109 Å². The summed E-state index contributed by atoms with van der Waals surface area (Å²) in [6.45, 7) is 6.80. The van der Waals surface area contributed by atoms with Gasteiger partial charge in [0.25, 0.3) is 0 Å². The lowest BCUT2D eigenvalue weighted by molar-refractivity contribution is 0.334. The van der Waals surface area contributed by atoms with E-state index in [4.69, 9.17) is 0 Å². The van der Waals surface area contributed by atoms with Gasteiger partial charge in [-0.2, -0.15) is 5.21 Å². The maximum Gasteiger partial charge on any atom is 0.191 e. The summed E-state index contributed by atoms with van der Waals surface area (Å²) in [6, 6.07) is 0.784. The van der Waals surface area contributed by atoms with Crippen LogP contribution in [0.2, 0.25) is 0 Å². The Morgan fingerprint density at radius 1 is 1.17 bits per heavy atom. The molecule has 2 rings (SSSR count). The molecule has 18 heavy (non-hydrogen) atoms. The fourth-order valence-corrected chi connectivity index (χ4v) is 2.94. The van der Waals surface area contributed by atoms with Crippen molar-refractivity contribution in [3.63, 3.8) is 0 Å². The van der Waals surface area contributed by atoms with Crippen molar-refractivity contribution < 1.29 is 0 Å². The lowest BCUT2D eigenvalue weighted by Gasteiger charge is -2.21. The van der Waals surface area contributed by atoms with E-state index in [1.807, 2.05) is 0 Å². The maximum atomic E-state index is 4.04. The number of hydrogen-bond acceptors (Lipinski definition) is 4. The zero-order valence-electron chi connectivity index (χ0n) is 11.7. The first-order valence-electron chi connectivity index (χ1n) is 7.16. The van der Waals surface area contributed by atoms with Crippen LogP contribution in [0.3, 0.4) is 0 Å². The van der Waals surface area contributed by atoms with E-state index < -0.39 is 0 Å². The number of nitrogens with zero attached hydrogens (tertiary/aromatic N) is 3. The monoisotopic (exact) mass is 251 g/mol. The number of nitrogens with one attached hydrogen (secondary N) is 2. The molecule has 2 N–H and O–H groups in total. The van der Waals surface area contributed by atoms with E-state index in [-0.39, 0.29) is 6.04 Å². The van der Waals surface area contributed by atoms with Crippen LogP contribution in [0.25, 0.3) is 0 Å². The largest absolute Gasteiger partial charge is 0.305 e. The Morgan fingerprint density at radius 3 is 2.67 bits per heavy atom. The van der Waals surface area contributed by atoms with Crippen LogP contribution in [-0.2, 0) is 0 Å². The first-order valence-corrected chi connectivity index (χ1v) is 7.16. The molecule has 1 aromatic heterocycles. The molecule has 0 bridgehead atoms. The van der Waals surface area contributed by atoms with Gasteiger partial charge < -0.3 is 5.32 Å². The normalized spacial score (nSPS) is 27.1. The molecule has 3 atom stereocenters. The summed E-state index contributed by atoms with van der Waals surface area (Å²) in [5, 5.41) is 17.8. The van der Waals surface area contributed by atoms with Gasteiger partial charge in [0.05, 0.1) is 6.04 Å². The first-order chi connectivity index (χ1) is 8.66. The number of aromatic amines is 1. The second kappa shape index (κ2) is 6.27. The molecule has 1 fully saturated rings. The number of hydrogen-bond donors (Lipinski definition) is 2. The highest BCUT2D eigenvalue weighted by molar-refractivity contribution is 4.88. The third-order valence-corrected chi connectivity index (χ3v) is 4.19. The van der Waals surface area contributed by atoms with Crippen molar-refractivity contribution >= 4 is 0 Å². The molecule has 1 aliphatic carbocycles. The van der Waals surface area contributed by atoms with Crippen molar-refractivity contribution in [2.45, 2.75) is 65.0 Å². The van der Waals surface area contributed by atoms with Crippen LogP contribution in [0.15, 0.2) is 0 Å². The van der Waals surface area contributed by atoms with E-state index in [0.29, 0.717) is 6.04 Å². The Balaban J connectivity index is 1.83. The van der Waals surface area contributed by atoms with Crippen LogP contribution in [0.4, 0.5) is 0 Å². The summed E-state index contributed by atoms with van der Waals surface area (Å²) in [4.78, 5) is 0. The van der Waals surface area contributed by atoms with E-state index in [0.717, 1.165) is 17.7 Å². The summed E-state index contributed by atoms with van der Waals surface area (Å²) in [6.07, 6.45) is 6.59. The molecule has 0 aliphatic heterocycles. The fourth-order valence-electron chi connectivity index (χ4n) is 2.94. The summed E-state index contributed by atoms with van der Waals surface area (Å²) in [5.41, 5.74) is 0. The molecule has 0 aromatic carbocycles. The van der Waals surface area contributed by atoms with Crippen LogP contribution < -0.4 is 5.32 Å². The van der Waals surface area contributed by atoms with Crippen molar-refractivity contribution in [2.24, 2.45) is 11.8 Å². The van der Waals surface area contributed by atoms with Gasteiger partial charge in [-0.3, -0.25) is 0 Å². The topological polar surface area (TPSA) is 66.5 Å². The molecule has 0 spiro atoms. The van der Waals surface area contributed by atoms with Gasteiger partial charge in [-0.05, 0) is 38.0 Å². The SMILES string of the molecule is CC(NC1CCCC(C(C)C)CC1)c1nn[nH]n1. The van der Waals surface area contributed by atoms with Gasteiger partial charge in [-0.1, -0.05) is 31.9 Å². The van der Waals surface area contributed by atoms with Crippen molar-refractivity contribution in [3.05, 3.63) is 5.82 Å².